The molecule has 0 aliphatic carbocycles. The molecule has 13 heavy (non-hydrogen) atoms. The number of nitrogens with one attached hydrogen (secondary N) is 2. The van der Waals surface area contributed by atoms with Crippen molar-refractivity contribution >= 4 is 23.6 Å². The first-order chi connectivity index (χ1) is 6.18. The van der Waals surface area contributed by atoms with Crippen LogP contribution >= 0.6 is 11.8 Å². The van der Waals surface area contributed by atoms with E-state index >= 15 is 0 Å². The number of hydrogen-bond acceptors (Lipinski definition) is 3. The summed E-state index contributed by atoms with van der Waals surface area (Å²) in [5.74, 6) is 1.84. The number of carbonyl (C=O) groups excluding carboxylic acids is 2. The highest BCUT2D eigenvalue weighted by atomic mass is 32.2. The van der Waals surface area contributed by atoms with Crippen molar-refractivity contribution in [2.75, 3.05) is 18.1 Å². The summed E-state index contributed by atoms with van der Waals surface area (Å²) in [6.45, 7) is 1.50. The van der Waals surface area contributed by atoms with Crippen molar-refractivity contribution in [3.63, 3.8) is 0 Å². The van der Waals surface area contributed by atoms with E-state index in [1.54, 1.807) is 0 Å². The second-order valence-corrected chi connectivity index (χ2v) is 4.19. The van der Waals surface area contributed by atoms with Gasteiger partial charge in [0.15, 0.2) is 0 Å². The van der Waals surface area contributed by atoms with E-state index in [0.29, 0.717) is 6.04 Å². The minimum atomic E-state index is -0.170. The van der Waals surface area contributed by atoms with E-state index in [1.807, 2.05) is 11.8 Å². The summed E-state index contributed by atoms with van der Waals surface area (Å²) in [5.41, 5.74) is 0. The van der Waals surface area contributed by atoms with E-state index in [2.05, 4.69) is 10.6 Å². The molecule has 2 amide bonds. The molecule has 2 N–H and O–H groups in total. The minimum absolute atomic E-state index is 0.0937. The molecule has 1 atom stereocenters. The van der Waals surface area contributed by atoms with Gasteiger partial charge in [-0.05, 0) is 12.2 Å². The van der Waals surface area contributed by atoms with Crippen molar-refractivity contribution in [3.05, 3.63) is 0 Å². The third kappa shape index (κ3) is 4.17. The number of hydrogen-bond donors (Lipinski definition) is 2. The Morgan fingerprint density at radius 2 is 2.31 bits per heavy atom. The molecule has 0 aromatic heterocycles. The molecule has 1 rings (SSSR count). The van der Waals surface area contributed by atoms with Crippen molar-refractivity contribution in [3.8, 4) is 0 Å². The average molecular weight is 202 g/mol. The fourth-order valence-electron chi connectivity index (χ4n) is 1.13. The van der Waals surface area contributed by atoms with Crippen LogP contribution in [0.4, 0.5) is 0 Å². The SMILES string of the molecule is CC(=O)NCC(=O)NC1CCSC1. The normalized spacial score (nSPS) is 21.2. The Bertz CT molecular complexity index is 202. The highest BCUT2D eigenvalue weighted by Gasteiger charge is 2.17. The summed E-state index contributed by atoms with van der Waals surface area (Å²) in [7, 11) is 0. The predicted molar refractivity (Wildman–Crippen MR) is 52.6 cm³/mol. The Morgan fingerprint density at radius 1 is 1.54 bits per heavy atom. The van der Waals surface area contributed by atoms with Crippen molar-refractivity contribution < 1.29 is 9.59 Å². The molecule has 0 aromatic rings. The van der Waals surface area contributed by atoms with Gasteiger partial charge in [0.25, 0.3) is 0 Å². The van der Waals surface area contributed by atoms with Crippen LogP contribution in [0.5, 0.6) is 0 Å². The van der Waals surface area contributed by atoms with Crippen LogP contribution in [0, 0.1) is 0 Å². The second-order valence-electron chi connectivity index (χ2n) is 3.04. The molecule has 1 aliphatic heterocycles. The number of thioether (sulfide) groups is 1. The number of rotatable bonds is 3. The number of amides is 2. The van der Waals surface area contributed by atoms with Gasteiger partial charge in [0.1, 0.15) is 0 Å². The van der Waals surface area contributed by atoms with Crippen molar-refractivity contribution in [1.82, 2.24) is 10.6 Å². The van der Waals surface area contributed by atoms with Crippen LogP contribution in [-0.2, 0) is 9.59 Å². The Morgan fingerprint density at radius 3 is 2.85 bits per heavy atom. The lowest BCUT2D eigenvalue weighted by Crippen LogP contribution is -2.41. The lowest BCUT2D eigenvalue weighted by atomic mass is 10.2. The molecular weight excluding hydrogens is 188 g/mol. The first-order valence-corrected chi connectivity index (χ1v) is 5.45. The molecule has 1 saturated heterocycles. The maximum absolute atomic E-state index is 11.2. The van der Waals surface area contributed by atoms with Gasteiger partial charge in [0.05, 0.1) is 6.54 Å². The van der Waals surface area contributed by atoms with Crippen molar-refractivity contribution in [2.45, 2.75) is 19.4 Å². The van der Waals surface area contributed by atoms with Gasteiger partial charge in [0.2, 0.25) is 11.8 Å². The van der Waals surface area contributed by atoms with E-state index in [4.69, 9.17) is 0 Å². The molecule has 0 aromatic carbocycles. The van der Waals surface area contributed by atoms with Gasteiger partial charge in [-0.15, -0.1) is 0 Å². The van der Waals surface area contributed by atoms with Crippen LogP contribution < -0.4 is 10.6 Å². The van der Waals surface area contributed by atoms with Crippen LogP contribution in [0.2, 0.25) is 0 Å². The molecule has 74 valence electrons. The van der Waals surface area contributed by atoms with Crippen LogP contribution in [0.15, 0.2) is 0 Å². The minimum Gasteiger partial charge on any atom is -0.351 e. The molecule has 0 radical (unpaired) electrons. The topological polar surface area (TPSA) is 58.2 Å². The Hall–Kier alpha value is -0.710. The summed E-state index contributed by atoms with van der Waals surface area (Å²) < 4.78 is 0. The lowest BCUT2D eigenvalue weighted by molar-refractivity contribution is -0.125. The maximum Gasteiger partial charge on any atom is 0.239 e. The molecule has 5 heteroatoms. The summed E-state index contributed by atoms with van der Waals surface area (Å²) >= 11 is 1.85. The largest absolute Gasteiger partial charge is 0.351 e. The van der Waals surface area contributed by atoms with Gasteiger partial charge in [-0.2, -0.15) is 11.8 Å². The summed E-state index contributed by atoms with van der Waals surface area (Å²) in [6, 6.07) is 0.297. The van der Waals surface area contributed by atoms with Crippen LogP contribution in [0.25, 0.3) is 0 Å². The zero-order chi connectivity index (χ0) is 9.68. The number of carbonyl (C=O) groups is 2. The van der Waals surface area contributed by atoms with E-state index < -0.39 is 0 Å². The monoisotopic (exact) mass is 202 g/mol. The van der Waals surface area contributed by atoms with E-state index in [9.17, 15) is 9.59 Å². The quantitative estimate of drug-likeness (QED) is 0.663. The first-order valence-electron chi connectivity index (χ1n) is 4.30. The smallest absolute Gasteiger partial charge is 0.239 e. The van der Waals surface area contributed by atoms with Crippen LogP contribution in [0.3, 0.4) is 0 Å². The van der Waals surface area contributed by atoms with Gasteiger partial charge in [-0.25, -0.2) is 0 Å². The zero-order valence-electron chi connectivity index (χ0n) is 7.63. The van der Waals surface area contributed by atoms with Crippen molar-refractivity contribution in [1.29, 1.82) is 0 Å². The highest BCUT2D eigenvalue weighted by molar-refractivity contribution is 7.99. The maximum atomic E-state index is 11.2. The van der Waals surface area contributed by atoms with Gasteiger partial charge in [-0.1, -0.05) is 0 Å². The molecule has 1 unspecified atom stereocenters. The highest BCUT2D eigenvalue weighted by Crippen LogP contribution is 2.16. The summed E-state index contributed by atoms with van der Waals surface area (Å²) in [5, 5.41) is 5.32. The van der Waals surface area contributed by atoms with E-state index in [0.717, 1.165) is 17.9 Å². The van der Waals surface area contributed by atoms with Gasteiger partial charge >= 0.3 is 0 Å². The fourth-order valence-corrected chi connectivity index (χ4v) is 2.28. The first kappa shape index (κ1) is 10.4. The Kier molecular flexibility index (Phi) is 4.08. The van der Waals surface area contributed by atoms with E-state index in [-0.39, 0.29) is 18.4 Å². The molecule has 0 saturated carbocycles. The molecule has 0 bridgehead atoms. The fraction of sp³-hybridized carbons (Fsp3) is 0.750. The predicted octanol–water partition coefficient (Wildman–Crippen LogP) is -0.256. The molecule has 1 fully saturated rings. The molecular formula is C8H14N2O2S. The zero-order valence-corrected chi connectivity index (χ0v) is 8.45. The average Bonchev–Trinajstić information content (AvgIpc) is 2.53. The van der Waals surface area contributed by atoms with Gasteiger partial charge in [0, 0.05) is 18.7 Å². The van der Waals surface area contributed by atoms with Crippen molar-refractivity contribution in [2.24, 2.45) is 0 Å². The third-order valence-corrected chi connectivity index (χ3v) is 2.96. The third-order valence-electron chi connectivity index (χ3n) is 1.79. The van der Waals surface area contributed by atoms with Gasteiger partial charge in [-0.3, -0.25) is 9.59 Å². The van der Waals surface area contributed by atoms with Crippen LogP contribution in [-0.4, -0.2) is 35.9 Å². The second kappa shape index (κ2) is 5.11. The van der Waals surface area contributed by atoms with Crippen LogP contribution in [0.1, 0.15) is 13.3 Å². The van der Waals surface area contributed by atoms with Gasteiger partial charge < -0.3 is 10.6 Å². The molecule has 4 nitrogen and oxygen atoms in total. The lowest BCUT2D eigenvalue weighted by Gasteiger charge is -2.10. The summed E-state index contributed by atoms with van der Waals surface area (Å²) in [4.78, 5) is 21.7. The Balaban J connectivity index is 2.13. The standard InChI is InChI=1S/C8H14N2O2S/c1-6(11)9-4-8(12)10-7-2-3-13-5-7/h7H,2-5H2,1H3,(H,9,11)(H,10,12). The molecule has 1 aliphatic rings. The van der Waals surface area contributed by atoms with E-state index in [1.165, 1.54) is 6.92 Å². The summed E-state index contributed by atoms with van der Waals surface area (Å²) in [6.07, 6.45) is 1.04. The molecule has 1 heterocycles. The Labute approximate surface area is 81.8 Å². The molecule has 0 spiro atoms.